The fourth-order valence-corrected chi connectivity index (χ4v) is 2.41. The van der Waals surface area contributed by atoms with Crippen LogP contribution in [0.4, 0.5) is 4.39 Å². The maximum atomic E-state index is 13.2. The molecular formula is C18H20FNO2. The molecule has 22 heavy (non-hydrogen) atoms. The third-order valence-electron chi connectivity index (χ3n) is 3.48. The van der Waals surface area contributed by atoms with Gasteiger partial charge in [-0.2, -0.15) is 0 Å². The molecule has 0 saturated heterocycles. The van der Waals surface area contributed by atoms with Gasteiger partial charge in [0.1, 0.15) is 11.6 Å². The molecule has 116 valence electrons. The van der Waals surface area contributed by atoms with Crippen molar-refractivity contribution in [2.45, 2.75) is 26.9 Å². The maximum absolute atomic E-state index is 13.2. The summed E-state index contributed by atoms with van der Waals surface area (Å²) in [5.74, 6) is 0.297. The zero-order valence-corrected chi connectivity index (χ0v) is 13.1. The van der Waals surface area contributed by atoms with Crippen molar-refractivity contribution in [2.75, 3.05) is 7.11 Å². The number of methoxy groups -OCH3 is 1. The SMILES string of the molecule is CC.COc1ccc(CN2Cc3ccc(F)cc3C2=O)cc1. The molecule has 0 N–H and O–H groups in total. The highest BCUT2D eigenvalue weighted by molar-refractivity contribution is 5.98. The van der Waals surface area contributed by atoms with Crippen LogP contribution in [-0.2, 0) is 13.1 Å². The molecule has 1 heterocycles. The van der Waals surface area contributed by atoms with E-state index in [4.69, 9.17) is 4.74 Å². The summed E-state index contributed by atoms with van der Waals surface area (Å²) in [7, 11) is 1.62. The number of hydrogen-bond acceptors (Lipinski definition) is 2. The van der Waals surface area contributed by atoms with Crippen molar-refractivity contribution in [3.8, 4) is 5.75 Å². The Hall–Kier alpha value is -2.36. The quantitative estimate of drug-likeness (QED) is 0.857. The number of fused-ring (bicyclic) bond motifs is 1. The molecule has 3 nitrogen and oxygen atoms in total. The third-order valence-corrected chi connectivity index (χ3v) is 3.48. The normalized spacial score (nSPS) is 12.5. The first-order valence-electron chi connectivity index (χ1n) is 7.38. The highest BCUT2D eigenvalue weighted by Gasteiger charge is 2.27. The molecule has 1 aliphatic rings. The third kappa shape index (κ3) is 3.27. The lowest BCUT2D eigenvalue weighted by Gasteiger charge is -2.15. The summed E-state index contributed by atoms with van der Waals surface area (Å²) in [4.78, 5) is 13.9. The monoisotopic (exact) mass is 301 g/mol. The number of rotatable bonds is 3. The lowest BCUT2D eigenvalue weighted by molar-refractivity contribution is 0.0766. The van der Waals surface area contributed by atoms with Crippen molar-refractivity contribution in [1.29, 1.82) is 0 Å². The van der Waals surface area contributed by atoms with Gasteiger partial charge in [0.15, 0.2) is 0 Å². The number of carbonyl (C=O) groups is 1. The second-order valence-corrected chi connectivity index (χ2v) is 4.81. The lowest BCUT2D eigenvalue weighted by atomic mass is 10.1. The summed E-state index contributed by atoms with van der Waals surface area (Å²) < 4.78 is 18.3. The molecule has 0 bridgehead atoms. The summed E-state index contributed by atoms with van der Waals surface area (Å²) in [6.45, 7) is 5.04. The molecule has 0 aromatic heterocycles. The number of carbonyl (C=O) groups excluding carboxylic acids is 1. The van der Waals surface area contributed by atoms with Gasteiger partial charge in [-0.05, 0) is 35.4 Å². The molecule has 0 atom stereocenters. The van der Waals surface area contributed by atoms with E-state index in [2.05, 4.69) is 0 Å². The minimum atomic E-state index is -0.372. The van der Waals surface area contributed by atoms with Crippen LogP contribution in [0.5, 0.6) is 5.75 Å². The zero-order chi connectivity index (χ0) is 16.1. The standard InChI is InChI=1S/C16H14FNO2.C2H6/c1-20-14-6-2-11(3-7-14)9-18-10-12-4-5-13(17)8-15(12)16(18)19;1-2/h2-8H,9-10H2,1H3;1-2H3. The van der Waals surface area contributed by atoms with Crippen molar-refractivity contribution in [3.05, 3.63) is 65.0 Å². The lowest BCUT2D eigenvalue weighted by Crippen LogP contribution is -2.23. The molecule has 4 heteroatoms. The second kappa shape index (κ2) is 7.07. The van der Waals surface area contributed by atoms with Crippen LogP contribution >= 0.6 is 0 Å². The Kier molecular flexibility index (Phi) is 5.15. The van der Waals surface area contributed by atoms with Crippen LogP contribution in [0, 0.1) is 5.82 Å². The van der Waals surface area contributed by atoms with E-state index in [1.165, 1.54) is 12.1 Å². The Morgan fingerprint density at radius 3 is 2.45 bits per heavy atom. The first kappa shape index (κ1) is 16.0. The summed E-state index contributed by atoms with van der Waals surface area (Å²) in [5, 5.41) is 0. The van der Waals surface area contributed by atoms with Crippen LogP contribution < -0.4 is 4.74 Å². The Bertz CT molecular complexity index is 653. The second-order valence-electron chi connectivity index (χ2n) is 4.81. The average Bonchev–Trinajstić information content (AvgIpc) is 2.86. The zero-order valence-electron chi connectivity index (χ0n) is 13.1. The molecule has 0 fully saturated rings. The van der Waals surface area contributed by atoms with E-state index in [0.717, 1.165) is 16.9 Å². The van der Waals surface area contributed by atoms with Gasteiger partial charge in [0.05, 0.1) is 7.11 Å². The Labute approximate surface area is 130 Å². The van der Waals surface area contributed by atoms with Gasteiger partial charge in [0, 0.05) is 18.7 Å². The minimum Gasteiger partial charge on any atom is -0.497 e. The first-order chi connectivity index (χ1) is 10.7. The van der Waals surface area contributed by atoms with Crippen LogP contribution in [0.25, 0.3) is 0 Å². The van der Waals surface area contributed by atoms with Crippen LogP contribution in [0.15, 0.2) is 42.5 Å². The van der Waals surface area contributed by atoms with Crippen molar-refractivity contribution in [3.63, 3.8) is 0 Å². The van der Waals surface area contributed by atoms with Gasteiger partial charge >= 0.3 is 0 Å². The van der Waals surface area contributed by atoms with Crippen molar-refractivity contribution < 1.29 is 13.9 Å². The predicted octanol–water partition coefficient (Wildman–Crippen LogP) is 4.02. The maximum Gasteiger partial charge on any atom is 0.254 e. The Morgan fingerprint density at radius 1 is 1.14 bits per heavy atom. The van der Waals surface area contributed by atoms with Crippen molar-refractivity contribution in [1.82, 2.24) is 4.90 Å². The predicted molar refractivity (Wildman–Crippen MR) is 84.3 cm³/mol. The number of ether oxygens (including phenoxy) is 1. The van der Waals surface area contributed by atoms with Crippen LogP contribution in [0.2, 0.25) is 0 Å². The van der Waals surface area contributed by atoms with Gasteiger partial charge in [-0.15, -0.1) is 0 Å². The van der Waals surface area contributed by atoms with E-state index < -0.39 is 0 Å². The molecule has 3 rings (SSSR count). The first-order valence-corrected chi connectivity index (χ1v) is 7.38. The molecule has 0 saturated carbocycles. The van der Waals surface area contributed by atoms with Crippen molar-refractivity contribution in [2.24, 2.45) is 0 Å². The van der Waals surface area contributed by atoms with Gasteiger partial charge in [-0.3, -0.25) is 4.79 Å². The molecule has 0 aliphatic carbocycles. The number of halogens is 1. The summed E-state index contributed by atoms with van der Waals surface area (Å²) in [6.07, 6.45) is 0. The van der Waals surface area contributed by atoms with Gasteiger partial charge in [0.2, 0.25) is 0 Å². The summed E-state index contributed by atoms with van der Waals surface area (Å²) in [5.41, 5.74) is 2.37. The van der Waals surface area contributed by atoms with Gasteiger partial charge in [-0.25, -0.2) is 4.39 Å². The van der Waals surface area contributed by atoms with Crippen LogP contribution in [-0.4, -0.2) is 17.9 Å². The van der Waals surface area contributed by atoms with Gasteiger partial charge in [-0.1, -0.05) is 32.0 Å². The Balaban J connectivity index is 0.000000847. The minimum absolute atomic E-state index is 0.115. The van der Waals surface area contributed by atoms with Gasteiger partial charge in [0.25, 0.3) is 5.91 Å². The molecule has 0 radical (unpaired) electrons. The van der Waals surface area contributed by atoms with E-state index in [0.29, 0.717) is 18.7 Å². The molecule has 1 amide bonds. The van der Waals surface area contributed by atoms with E-state index >= 15 is 0 Å². The molecule has 2 aromatic carbocycles. The number of amides is 1. The summed E-state index contributed by atoms with van der Waals surface area (Å²) in [6, 6.07) is 12.0. The molecule has 0 unspecified atom stereocenters. The van der Waals surface area contributed by atoms with Crippen molar-refractivity contribution >= 4 is 5.91 Å². The van der Waals surface area contributed by atoms with Crippen LogP contribution in [0.3, 0.4) is 0 Å². The number of nitrogens with zero attached hydrogens (tertiary/aromatic N) is 1. The molecule has 0 spiro atoms. The van der Waals surface area contributed by atoms with Crippen LogP contribution in [0.1, 0.15) is 35.3 Å². The average molecular weight is 301 g/mol. The number of hydrogen-bond donors (Lipinski definition) is 0. The largest absolute Gasteiger partial charge is 0.497 e. The van der Waals surface area contributed by atoms with E-state index in [1.54, 1.807) is 18.1 Å². The highest BCUT2D eigenvalue weighted by Crippen LogP contribution is 2.25. The fourth-order valence-electron chi connectivity index (χ4n) is 2.41. The highest BCUT2D eigenvalue weighted by atomic mass is 19.1. The van der Waals surface area contributed by atoms with E-state index in [-0.39, 0.29) is 11.7 Å². The smallest absolute Gasteiger partial charge is 0.254 e. The topological polar surface area (TPSA) is 29.5 Å². The van der Waals surface area contributed by atoms with E-state index in [1.807, 2.05) is 38.1 Å². The van der Waals surface area contributed by atoms with E-state index in [9.17, 15) is 9.18 Å². The van der Waals surface area contributed by atoms with Gasteiger partial charge < -0.3 is 9.64 Å². The number of benzene rings is 2. The molecule has 2 aromatic rings. The molecular weight excluding hydrogens is 281 g/mol. The Morgan fingerprint density at radius 2 is 1.82 bits per heavy atom. The summed E-state index contributed by atoms with van der Waals surface area (Å²) >= 11 is 0. The molecule has 1 aliphatic heterocycles. The fraction of sp³-hybridized carbons (Fsp3) is 0.278.